The minimum Gasteiger partial charge on any atom is -0.483 e. The van der Waals surface area contributed by atoms with E-state index in [1.54, 1.807) is 0 Å². The van der Waals surface area contributed by atoms with E-state index in [1.807, 2.05) is 30.3 Å². The Morgan fingerprint density at radius 1 is 0.897 bits per heavy atom. The summed E-state index contributed by atoms with van der Waals surface area (Å²) in [7, 11) is 0. The Morgan fingerprint density at radius 3 is 2.45 bits per heavy atom. The van der Waals surface area contributed by atoms with Crippen LogP contribution in [0, 0.1) is 0 Å². The summed E-state index contributed by atoms with van der Waals surface area (Å²) in [5.74, 6) is 2.08. The van der Waals surface area contributed by atoms with Crippen LogP contribution in [0.25, 0.3) is 10.8 Å². The predicted octanol–water partition coefficient (Wildman–Crippen LogP) is 6.39. The molecule has 3 aromatic carbocycles. The fourth-order valence-electron chi connectivity index (χ4n) is 3.06. The monoisotopic (exact) mass is 404 g/mol. The molecule has 0 unspecified atom stereocenters. The maximum Gasteiger partial charge on any atom is 0.277 e. The van der Waals surface area contributed by atoms with Gasteiger partial charge in [-0.1, -0.05) is 93.2 Å². The van der Waals surface area contributed by atoms with Crippen LogP contribution in [-0.4, -0.2) is 10.2 Å². The van der Waals surface area contributed by atoms with Crippen LogP contribution in [0.5, 0.6) is 5.75 Å². The lowest BCUT2D eigenvalue weighted by molar-refractivity contribution is 0.254. The van der Waals surface area contributed by atoms with Gasteiger partial charge >= 0.3 is 0 Å². The topological polar surface area (TPSA) is 48.2 Å². The van der Waals surface area contributed by atoms with E-state index in [9.17, 15) is 0 Å². The SMILES string of the molecule is CC(C)(C)c1ccc(CSc2nnc(COc3cccc4ccccc34)o2)cc1. The smallest absolute Gasteiger partial charge is 0.277 e. The van der Waals surface area contributed by atoms with E-state index >= 15 is 0 Å². The molecule has 1 aromatic heterocycles. The summed E-state index contributed by atoms with van der Waals surface area (Å²) in [6.07, 6.45) is 0. The van der Waals surface area contributed by atoms with Crippen LogP contribution in [0.15, 0.2) is 76.4 Å². The molecule has 0 saturated carbocycles. The molecule has 4 rings (SSSR count). The second-order valence-electron chi connectivity index (χ2n) is 7.96. The third-order valence-electron chi connectivity index (χ3n) is 4.73. The number of hydrogen-bond donors (Lipinski definition) is 0. The number of aromatic nitrogens is 2. The van der Waals surface area contributed by atoms with Gasteiger partial charge in [-0.2, -0.15) is 0 Å². The van der Waals surface area contributed by atoms with E-state index in [0.717, 1.165) is 22.3 Å². The molecule has 0 radical (unpaired) electrons. The second kappa shape index (κ2) is 8.29. The van der Waals surface area contributed by atoms with Crippen LogP contribution in [0.4, 0.5) is 0 Å². The average molecular weight is 405 g/mol. The molecular weight excluding hydrogens is 380 g/mol. The molecule has 4 aromatic rings. The van der Waals surface area contributed by atoms with Gasteiger partial charge in [-0.05, 0) is 28.0 Å². The van der Waals surface area contributed by atoms with E-state index in [2.05, 4.69) is 67.4 Å². The summed E-state index contributed by atoms with van der Waals surface area (Å²) in [6, 6.07) is 22.8. The highest BCUT2D eigenvalue weighted by molar-refractivity contribution is 7.98. The first-order valence-electron chi connectivity index (χ1n) is 9.64. The van der Waals surface area contributed by atoms with Gasteiger partial charge in [0.15, 0.2) is 6.61 Å². The molecule has 0 spiro atoms. The number of benzene rings is 3. The first-order chi connectivity index (χ1) is 14.0. The second-order valence-corrected chi connectivity index (χ2v) is 8.89. The van der Waals surface area contributed by atoms with Gasteiger partial charge in [0.05, 0.1) is 0 Å². The highest BCUT2D eigenvalue weighted by Crippen LogP contribution is 2.27. The molecule has 1 heterocycles. The Labute approximate surface area is 175 Å². The van der Waals surface area contributed by atoms with Crippen LogP contribution in [0.3, 0.4) is 0 Å². The largest absolute Gasteiger partial charge is 0.483 e. The fraction of sp³-hybridized carbons (Fsp3) is 0.250. The number of hydrogen-bond acceptors (Lipinski definition) is 5. The van der Waals surface area contributed by atoms with Crippen molar-refractivity contribution in [3.05, 3.63) is 83.7 Å². The first-order valence-corrected chi connectivity index (χ1v) is 10.6. The molecule has 0 fully saturated rings. The van der Waals surface area contributed by atoms with Crippen LogP contribution < -0.4 is 4.74 Å². The molecule has 0 amide bonds. The van der Waals surface area contributed by atoms with E-state index < -0.39 is 0 Å². The number of nitrogens with zero attached hydrogens (tertiary/aromatic N) is 2. The molecule has 4 nitrogen and oxygen atoms in total. The van der Waals surface area contributed by atoms with Gasteiger partial charge in [0.25, 0.3) is 11.1 Å². The van der Waals surface area contributed by atoms with Crippen molar-refractivity contribution in [3.63, 3.8) is 0 Å². The van der Waals surface area contributed by atoms with Gasteiger partial charge in [0.2, 0.25) is 0 Å². The maximum absolute atomic E-state index is 5.92. The van der Waals surface area contributed by atoms with Gasteiger partial charge in [-0.3, -0.25) is 0 Å². The van der Waals surface area contributed by atoms with Crippen molar-refractivity contribution in [2.45, 2.75) is 43.8 Å². The number of thioether (sulfide) groups is 1. The van der Waals surface area contributed by atoms with E-state index in [-0.39, 0.29) is 12.0 Å². The summed E-state index contributed by atoms with van der Waals surface area (Å²) in [6.45, 7) is 6.91. The highest BCUT2D eigenvalue weighted by Gasteiger charge is 2.13. The molecule has 29 heavy (non-hydrogen) atoms. The first kappa shape index (κ1) is 19.5. The molecule has 0 bridgehead atoms. The third-order valence-corrected chi connectivity index (χ3v) is 5.62. The summed E-state index contributed by atoms with van der Waals surface area (Å²) in [5.41, 5.74) is 2.73. The summed E-state index contributed by atoms with van der Waals surface area (Å²) < 4.78 is 11.7. The normalized spacial score (nSPS) is 11.7. The zero-order valence-corrected chi connectivity index (χ0v) is 17.7. The number of rotatable bonds is 6. The number of ether oxygens (including phenoxy) is 1. The average Bonchev–Trinajstić information content (AvgIpc) is 3.18. The zero-order valence-electron chi connectivity index (χ0n) is 16.9. The lowest BCUT2D eigenvalue weighted by Gasteiger charge is -2.19. The predicted molar refractivity (Wildman–Crippen MR) is 117 cm³/mol. The molecule has 0 saturated heterocycles. The van der Waals surface area contributed by atoms with Gasteiger partial charge in [0.1, 0.15) is 5.75 Å². The van der Waals surface area contributed by atoms with Crippen LogP contribution in [0.2, 0.25) is 0 Å². The van der Waals surface area contributed by atoms with E-state index in [4.69, 9.17) is 9.15 Å². The fourth-order valence-corrected chi connectivity index (χ4v) is 3.80. The quantitative estimate of drug-likeness (QED) is 0.348. The Morgan fingerprint density at radius 2 is 1.66 bits per heavy atom. The van der Waals surface area contributed by atoms with Gasteiger partial charge < -0.3 is 9.15 Å². The van der Waals surface area contributed by atoms with E-state index in [0.29, 0.717) is 11.1 Å². The van der Waals surface area contributed by atoms with Gasteiger partial charge in [0, 0.05) is 11.1 Å². The minimum absolute atomic E-state index is 0.164. The lowest BCUT2D eigenvalue weighted by Crippen LogP contribution is -2.10. The minimum atomic E-state index is 0.164. The van der Waals surface area contributed by atoms with Crippen LogP contribution >= 0.6 is 11.8 Å². The molecule has 0 aliphatic rings. The third kappa shape index (κ3) is 4.80. The maximum atomic E-state index is 5.92. The van der Waals surface area contributed by atoms with Crippen molar-refractivity contribution in [2.75, 3.05) is 0 Å². The Bertz CT molecular complexity index is 1090. The van der Waals surface area contributed by atoms with Crippen molar-refractivity contribution in [3.8, 4) is 5.75 Å². The van der Waals surface area contributed by atoms with Crippen LogP contribution in [-0.2, 0) is 17.8 Å². The number of fused-ring (bicyclic) bond motifs is 1. The van der Waals surface area contributed by atoms with Crippen LogP contribution in [0.1, 0.15) is 37.8 Å². The summed E-state index contributed by atoms with van der Waals surface area (Å²) in [4.78, 5) is 0. The van der Waals surface area contributed by atoms with Crippen molar-refractivity contribution in [2.24, 2.45) is 0 Å². The lowest BCUT2D eigenvalue weighted by atomic mass is 9.87. The molecule has 0 N–H and O–H groups in total. The van der Waals surface area contributed by atoms with Gasteiger partial charge in [-0.25, -0.2) is 0 Å². The van der Waals surface area contributed by atoms with Gasteiger partial charge in [-0.15, -0.1) is 10.2 Å². The Balaban J connectivity index is 1.35. The highest BCUT2D eigenvalue weighted by atomic mass is 32.2. The standard InChI is InChI=1S/C24H24N2O2S/c1-24(2,3)19-13-11-17(12-14-19)16-29-23-26-25-22(28-23)15-27-21-10-6-8-18-7-4-5-9-20(18)21/h4-14H,15-16H2,1-3H3. The molecule has 0 atom stereocenters. The van der Waals surface area contributed by atoms with Crippen molar-refractivity contribution in [1.82, 2.24) is 10.2 Å². The Hall–Kier alpha value is -2.79. The van der Waals surface area contributed by atoms with Crippen molar-refractivity contribution >= 4 is 22.5 Å². The summed E-state index contributed by atoms with van der Waals surface area (Å²) >= 11 is 1.54. The molecule has 148 valence electrons. The molecule has 0 aliphatic heterocycles. The molecule has 0 aliphatic carbocycles. The molecular formula is C24H24N2O2S. The Kier molecular flexibility index (Phi) is 5.58. The summed E-state index contributed by atoms with van der Waals surface area (Å²) in [5, 5.41) is 11.0. The van der Waals surface area contributed by atoms with Crippen molar-refractivity contribution < 1.29 is 9.15 Å². The van der Waals surface area contributed by atoms with Crippen molar-refractivity contribution in [1.29, 1.82) is 0 Å². The molecule has 5 heteroatoms. The zero-order chi connectivity index (χ0) is 20.3. The van der Waals surface area contributed by atoms with E-state index in [1.165, 1.54) is 22.9 Å².